The van der Waals surface area contributed by atoms with Crippen LogP contribution in [0.2, 0.25) is 0 Å². The monoisotopic (exact) mass is 177 g/mol. The molecule has 5 heteroatoms. The van der Waals surface area contributed by atoms with Crippen molar-refractivity contribution in [3.63, 3.8) is 0 Å². The summed E-state index contributed by atoms with van der Waals surface area (Å²) in [5, 5.41) is 0.908. The topological polar surface area (TPSA) is 55.4 Å². The lowest BCUT2D eigenvalue weighted by atomic mass is 10.3. The standard InChI is InChI=1S/C6H11NO3S/c1-2-11(8,9)7-6-3-4-10-5-6/h2,6-7H,1,3-5H2. The molecule has 0 saturated carbocycles. The average molecular weight is 177 g/mol. The van der Waals surface area contributed by atoms with Crippen molar-refractivity contribution >= 4 is 10.0 Å². The van der Waals surface area contributed by atoms with E-state index in [0.29, 0.717) is 13.2 Å². The first kappa shape index (κ1) is 8.70. The van der Waals surface area contributed by atoms with E-state index in [1.54, 1.807) is 0 Å². The van der Waals surface area contributed by atoms with E-state index in [2.05, 4.69) is 11.3 Å². The normalized spacial score (nSPS) is 25.3. The van der Waals surface area contributed by atoms with E-state index in [0.717, 1.165) is 11.8 Å². The molecule has 0 aromatic heterocycles. The Kier molecular flexibility index (Phi) is 2.64. The summed E-state index contributed by atoms with van der Waals surface area (Å²) in [6.07, 6.45) is 0.743. The molecule has 0 bridgehead atoms. The third kappa shape index (κ3) is 2.61. The SMILES string of the molecule is C=CS(=O)(=O)NC1CCOC1. The molecule has 1 fully saturated rings. The minimum Gasteiger partial charge on any atom is -0.380 e. The van der Waals surface area contributed by atoms with Gasteiger partial charge in [0.2, 0.25) is 10.0 Å². The highest BCUT2D eigenvalue weighted by Gasteiger charge is 2.19. The molecule has 1 aliphatic rings. The summed E-state index contributed by atoms with van der Waals surface area (Å²) in [7, 11) is -3.27. The first-order valence-corrected chi connectivity index (χ1v) is 4.91. The Morgan fingerprint density at radius 3 is 2.82 bits per heavy atom. The van der Waals surface area contributed by atoms with Gasteiger partial charge in [0.1, 0.15) is 0 Å². The summed E-state index contributed by atoms with van der Waals surface area (Å²) in [5.74, 6) is 0. The molecule has 64 valence electrons. The van der Waals surface area contributed by atoms with Gasteiger partial charge in [0.05, 0.1) is 6.61 Å². The predicted octanol–water partition coefficient (Wildman–Crippen LogP) is -0.162. The number of rotatable bonds is 3. The Hall–Kier alpha value is -0.390. The van der Waals surface area contributed by atoms with E-state index in [1.807, 2.05) is 0 Å². The highest BCUT2D eigenvalue weighted by Crippen LogP contribution is 2.04. The molecule has 0 radical (unpaired) electrons. The number of nitrogens with one attached hydrogen (secondary N) is 1. The Balaban J connectivity index is 2.47. The third-order valence-electron chi connectivity index (χ3n) is 1.48. The fraction of sp³-hybridized carbons (Fsp3) is 0.667. The molecule has 1 aliphatic heterocycles. The van der Waals surface area contributed by atoms with Crippen LogP contribution in [0.15, 0.2) is 12.0 Å². The lowest BCUT2D eigenvalue weighted by molar-refractivity contribution is 0.192. The molecule has 0 spiro atoms. The zero-order valence-corrected chi connectivity index (χ0v) is 6.93. The van der Waals surface area contributed by atoms with Gasteiger partial charge in [-0.25, -0.2) is 13.1 Å². The Morgan fingerprint density at radius 2 is 2.36 bits per heavy atom. The van der Waals surface area contributed by atoms with Gasteiger partial charge in [0.25, 0.3) is 0 Å². The lowest BCUT2D eigenvalue weighted by Gasteiger charge is -2.06. The lowest BCUT2D eigenvalue weighted by Crippen LogP contribution is -2.33. The maximum Gasteiger partial charge on any atom is 0.233 e. The Labute approximate surface area is 66.3 Å². The first-order chi connectivity index (χ1) is 5.14. The van der Waals surface area contributed by atoms with Crippen LogP contribution < -0.4 is 4.72 Å². The van der Waals surface area contributed by atoms with Crippen molar-refractivity contribution in [2.75, 3.05) is 13.2 Å². The van der Waals surface area contributed by atoms with E-state index < -0.39 is 10.0 Å². The molecule has 0 aliphatic carbocycles. The van der Waals surface area contributed by atoms with Gasteiger partial charge >= 0.3 is 0 Å². The molecule has 1 heterocycles. The zero-order valence-electron chi connectivity index (χ0n) is 6.12. The molecule has 4 nitrogen and oxygen atoms in total. The van der Waals surface area contributed by atoms with Crippen LogP contribution in [0.3, 0.4) is 0 Å². The van der Waals surface area contributed by atoms with E-state index in [4.69, 9.17) is 4.74 Å². The molecule has 0 aromatic rings. The summed E-state index contributed by atoms with van der Waals surface area (Å²) in [6, 6.07) is -0.0713. The summed E-state index contributed by atoms with van der Waals surface area (Å²) in [4.78, 5) is 0. The van der Waals surface area contributed by atoms with Crippen LogP contribution in [0.25, 0.3) is 0 Å². The van der Waals surface area contributed by atoms with E-state index in [-0.39, 0.29) is 6.04 Å². The van der Waals surface area contributed by atoms with Crippen molar-refractivity contribution in [3.8, 4) is 0 Å². The van der Waals surface area contributed by atoms with Crippen LogP contribution >= 0.6 is 0 Å². The quantitative estimate of drug-likeness (QED) is 0.651. The van der Waals surface area contributed by atoms with E-state index in [9.17, 15) is 8.42 Å². The van der Waals surface area contributed by atoms with Crippen molar-refractivity contribution in [1.29, 1.82) is 0 Å². The second kappa shape index (κ2) is 3.34. The smallest absolute Gasteiger partial charge is 0.233 e. The molecular weight excluding hydrogens is 166 g/mol. The van der Waals surface area contributed by atoms with Crippen LogP contribution in [0.5, 0.6) is 0 Å². The van der Waals surface area contributed by atoms with E-state index in [1.165, 1.54) is 0 Å². The van der Waals surface area contributed by atoms with Crippen LogP contribution in [-0.2, 0) is 14.8 Å². The summed E-state index contributed by atoms with van der Waals surface area (Å²) >= 11 is 0. The fourth-order valence-corrected chi connectivity index (χ4v) is 1.65. The molecule has 11 heavy (non-hydrogen) atoms. The van der Waals surface area contributed by atoms with Crippen LogP contribution in [0, 0.1) is 0 Å². The average Bonchev–Trinajstić information content (AvgIpc) is 2.39. The number of hydrogen-bond donors (Lipinski definition) is 1. The van der Waals surface area contributed by atoms with Crippen LogP contribution in [-0.4, -0.2) is 27.7 Å². The third-order valence-corrected chi connectivity index (χ3v) is 2.58. The molecule has 1 rings (SSSR count). The Morgan fingerprint density at radius 1 is 1.64 bits per heavy atom. The van der Waals surface area contributed by atoms with Gasteiger partial charge in [-0.05, 0) is 6.42 Å². The highest BCUT2D eigenvalue weighted by molar-refractivity contribution is 7.92. The van der Waals surface area contributed by atoms with Crippen molar-refractivity contribution in [2.45, 2.75) is 12.5 Å². The van der Waals surface area contributed by atoms with Gasteiger partial charge in [-0.1, -0.05) is 6.58 Å². The maximum atomic E-state index is 10.9. The Bertz CT molecular complexity index is 228. The number of ether oxygens (including phenoxy) is 1. The van der Waals surface area contributed by atoms with Crippen molar-refractivity contribution in [3.05, 3.63) is 12.0 Å². The fourth-order valence-electron chi connectivity index (χ4n) is 0.908. The molecule has 1 saturated heterocycles. The maximum absolute atomic E-state index is 10.9. The van der Waals surface area contributed by atoms with Gasteiger partial charge in [0, 0.05) is 18.1 Å². The van der Waals surface area contributed by atoms with Gasteiger partial charge in [-0.3, -0.25) is 0 Å². The minimum atomic E-state index is -3.27. The summed E-state index contributed by atoms with van der Waals surface area (Å²) < 4.78 is 29.2. The number of sulfonamides is 1. The van der Waals surface area contributed by atoms with Gasteiger partial charge < -0.3 is 4.74 Å². The molecule has 1 atom stereocenters. The van der Waals surface area contributed by atoms with Gasteiger partial charge in [0.15, 0.2) is 0 Å². The van der Waals surface area contributed by atoms with Crippen LogP contribution in [0.4, 0.5) is 0 Å². The summed E-state index contributed by atoms with van der Waals surface area (Å²) in [6.45, 7) is 4.28. The van der Waals surface area contributed by atoms with Crippen LogP contribution in [0.1, 0.15) is 6.42 Å². The molecule has 1 unspecified atom stereocenters. The molecule has 0 amide bonds. The minimum absolute atomic E-state index is 0.0713. The second-order valence-electron chi connectivity index (χ2n) is 2.39. The first-order valence-electron chi connectivity index (χ1n) is 3.36. The summed E-state index contributed by atoms with van der Waals surface area (Å²) in [5.41, 5.74) is 0. The predicted molar refractivity (Wildman–Crippen MR) is 41.5 cm³/mol. The van der Waals surface area contributed by atoms with Gasteiger partial charge in [-0.15, -0.1) is 0 Å². The second-order valence-corrected chi connectivity index (χ2v) is 4.05. The van der Waals surface area contributed by atoms with E-state index >= 15 is 0 Å². The van der Waals surface area contributed by atoms with Crippen molar-refractivity contribution in [2.24, 2.45) is 0 Å². The zero-order chi connectivity index (χ0) is 8.32. The highest BCUT2D eigenvalue weighted by atomic mass is 32.2. The van der Waals surface area contributed by atoms with Crippen molar-refractivity contribution < 1.29 is 13.2 Å². The number of hydrogen-bond acceptors (Lipinski definition) is 3. The molecular formula is C6H11NO3S. The van der Waals surface area contributed by atoms with Gasteiger partial charge in [-0.2, -0.15) is 0 Å². The molecule has 0 aromatic carbocycles. The molecule has 1 N–H and O–H groups in total. The van der Waals surface area contributed by atoms with Crippen molar-refractivity contribution in [1.82, 2.24) is 4.72 Å². The largest absolute Gasteiger partial charge is 0.380 e.